The average Bonchev–Trinajstić information content (AvgIpc) is 2.98. The van der Waals surface area contributed by atoms with Crippen LogP contribution >= 0.6 is 0 Å². The Morgan fingerprint density at radius 2 is 1.74 bits per heavy atom. The minimum absolute atomic E-state index is 0.0414. The van der Waals surface area contributed by atoms with Crippen molar-refractivity contribution in [3.8, 4) is 17.5 Å². The number of amides is 1. The van der Waals surface area contributed by atoms with Gasteiger partial charge in [0, 0.05) is 18.7 Å². The zero-order valence-electron chi connectivity index (χ0n) is 14.7. The van der Waals surface area contributed by atoms with Crippen LogP contribution < -0.4 is 10.2 Å². The third kappa shape index (κ3) is 5.14. The second-order valence-corrected chi connectivity index (χ2v) is 8.01. The molecule has 0 bridgehead atoms. The summed E-state index contributed by atoms with van der Waals surface area (Å²) in [6, 6.07) is 8.43. The zero-order chi connectivity index (χ0) is 20.0. The monoisotopic (exact) mass is 398 g/mol. The number of rotatable bonds is 9. The predicted molar refractivity (Wildman–Crippen MR) is 95.5 cm³/mol. The number of aromatic nitrogens is 1. The number of carbonyl (C=O) groups excluding carboxylic acids is 1. The second-order valence-electron chi connectivity index (χ2n) is 5.97. The van der Waals surface area contributed by atoms with Crippen LogP contribution in [0.15, 0.2) is 41.3 Å². The van der Waals surface area contributed by atoms with Crippen LogP contribution in [0.2, 0.25) is 0 Å². The van der Waals surface area contributed by atoms with Crippen molar-refractivity contribution in [1.29, 1.82) is 0 Å². The van der Waals surface area contributed by atoms with Gasteiger partial charge in [0.25, 0.3) is 0 Å². The van der Waals surface area contributed by atoms with E-state index in [1.807, 2.05) is 0 Å². The van der Waals surface area contributed by atoms with Crippen molar-refractivity contribution in [3.63, 3.8) is 0 Å². The Balaban J connectivity index is 2.07. The molecule has 9 nitrogen and oxygen atoms in total. The van der Waals surface area contributed by atoms with E-state index in [1.54, 1.807) is 0 Å². The van der Waals surface area contributed by atoms with Gasteiger partial charge in [-0.3, -0.25) is 14.6 Å². The fourth-order valence-corrected chi connectivity index (χ4v) is 4.29. The zero-order valence-corrected chi connectivity index (χ0v) is 15.5. The van der Waals surface area contributed by atoms with Crippen molar-refractivity contribution >= 4 is 15.7 Å². The molecule has 1 atom stereocenters. The molecule has 0 aliphatic carbocycles. The van der Waals surface area contributed by atoms with Crippen LogP contribution in [0.1, 0.15) is 12.8 Å². The minimum atomic E-state index is -3.77. The maximum absolute atomic E-state index is 12.6. The normalized spacial score (nSPS) is 12.5. The number of sulfone groups is 1. The number of methoxy groups -OCH3 is 1. The predicted octanol–water partition coefficient (Wildman–Crippen LogP) is 1.28. The van der Waals surface area contributed by atoms with E-state index in [4.69, 9.17) is 9.94 Å². The molecule has 10 heteroatoms. The number of hydroxylamine groups is 1. The number of hydrogen-bond acceptors (Lipinski definition) is 7. The molecule has 0 fully saturated rings. The van der Waals surface area contributed by atoms with Crippen LogP contribution in [0.4, 0.5) is 0 Å². The van der Waals surface area contributed by atoms with E-state index < -0.39 is 27.4 Å². The first kappa shape index (κ1) is 20.6. The van der Waals surface area contributed by atoms with E-state index in [2.05, 4.69) is 0 Å². The van der Waals surface area contributed by atoms with Gasteiger partial charge in [-0.1, -0.05) is 0 Å². The molecule has 1 aromatic heterocycles. The summed E-state index contributed by atoms with van der Waals surface area (Å²) in [4.78, 5) is 11.9. The lowest BCUT2D eigenvalue weighted by Gasteiger charge is -2.16. The maximum Gasteiger partial charge on any atom is 0.247 e. The Labute approximate surface area is 156 Å². The van der Waals surface area contributed by atoms with Crippen molar-refractivity contribution in [1.82, 2.24) is 10.0 Å². The lowest BCUT2D eigenvalue weighted by Crippen LogP contribution is -2.33. The highest BCUT2D eigenvalue weighted by molar-refractivity contribution is 7.91. The highest BCUT2D eigenvalue weighted by Gasteiger charge is 2.26. The van der Waals surface area contributed by atoms with E-state index >= 15 is 0 Å². The van der Waals surface area contributed by atoms with Gasteiger partial charge in [-0.05, 0) is 37.1 Å². The summed E-state index contributed by atoms with van der Waals surface area (Å²) in [6.07, 6.45) is 0.421. The SMILES string of the molecule is COc1ccc(S(=O)(=O)CC(CCCn2c(O)ccc2O)C(=O)NO)cc1. The molecule has 0 radical (unpaired) electrons. The molecular weight excluding hydrogens is 376 g/mol. The van der Waals surface area contributed by atoms with Gasteiger partial charge in [-0.2, -0.15) is 0 Å². The van der Waals surface area contributed by atoms with Gasteiger partial charge in [0.1, 0.15) is 5.75 Å². The number of aromatic hydroxyl groups is 2. The van der Waals surface area contributed by atoms with Gasteiger partial charge in [-0.25, -0.2) is 13.9 Å². The second kappa shape index (κ2) is 8.78. The number of carbonyl (C=O) groups is 1. The Morgan fingerprint density at radius 3 is 2.26 bits per heavy atom. The summed E-state index contributed by atoms with van der Waals surface area (Å²) in [5, 5.41) is 28.1. The van der Waals surface area contributed by atoms with Crippen LogP contribution in [-0.2, 0) is 21.2 Å². The lowest BCUT2D eigenvalue weighted by atomic mass is 10.1. The summed E-state index contributed by atoms with van der Waals surface area (Å²) < 4.78 is 31.4. The number of nitrogens with zero attached hydrogens (tertiary/aromatic N) is 1. The van der Waals surface area contributed by atoms with Crippen molar-refractivity contribution < 1.29 is 33.4 Å². The smallest absolute Gasteiger partial charge is 0.247 e. The third-order valence-corrected chi connectivity index (χ3v) is 6.02. The standard InChI is InChI=1S/C17H22N2O7S/c1-26-13-4-6-14(7-5-13)27(24,25)11-12(17(22)18-23)3-2-10-19-15(20)8-9-16(19)21/h4-9,12,20-21,23H,2-3,10-11H2,1H3,(H,18,22). The van der Waals surface area contributed by atoms with E-state index in [-0.39, 0.29) is 29.6 Å². The molecule has 0 saturated heterocycles. The first-order valence-corrected chi connectivity index (χ1v) is 9.82. The lowest BCUT2D eigenvalue weighted by molar-refractivity contribution is -0.132. The van der Waals surface area contributed by atoms with Gasteiger partial charge in [0.2, 0.25) is 5.91 Å². The molecule has 1 aromatic carbocycles. The van der Waals surface area contributed by atoms with Crippen LogP contribution in [-0.4, -0.2) is 47.2 Å². The van der Waals surface area contributed by atoms with Crippen LogP contribution in [0.25, 0.3) is 0 Å². The summed E-state index contributed by atoms with van der Waals surface area (Å²) in [6.45, 7) is 0.183. The van der Waals surface area contributed by atoms with Gasteiger partial charge < -0.3 is 14.9 Å². The van der Waals surface area contributed by atoms with Crippen LogP contribution in [0.5, 0.6) is 17.5 Å². The minimum Gasteiger partial charge on any atom is -0.497 e. The summed E-state index contributed by atoms with van der Waals surface area (Å²) in [7, 11) is -2.31. The van der Waals surface area contributed by atoms with Gasteiger partial charge in [0.05, 0.1) is 23.7 Å². The number of ether oxygens (including phenoxy) is 1. The quantitative estimate of drug-likeness (QED) is 0.369. The number of benzene rings is 1. The van der Waals surface area contributed by atoms with E-state index in [0.29, 0.717) is 12.2 Å². The number of nitrogens with one attached hydrogen (secondary N) is 1. The fraction of sp³-hybridized carbons (Fsp3) is 0.353. The highest BCUT2D eigenvalue weighted by Crippen LogP contribution is 2.24. The molecule has 0 saturated carbocycles. The molecule has 2 rings (SSSR count). The Bertz CT molecular complexity index is 856. The molecular formula is C17H22N2O7S. The highest BCUT2D eigenvalue weighted by atomic mass is 32.2. The average molecular weight is 398 g/mol. The molecule has 148 valence electrons. The topological polar surface area (TPSA) is 138 Å². The Morgan fingerprint density at radius 1 is 1.15 bits per heavy atom. The van der Waals surface area contributed by atoms with Crippen LogP contribution in [0, 0.1) is 5.92 Å². The summed E-state index contributed by atoms with van der Waals surface area (Å²) >= 11 is 0. The van der Waals surface area contributed by atoms with Crippen molar-refractivity contribution in [2.45, 2.75) is 24.3 Å². The van der Waals surface area contributed by atoms with Crippen molar-refractivity contribution in [2.75, 3.05) is 12.9 Å². The van der Waals surface area contributed by atoms with Crippen LogP contribution in [0.3, 0.4) is 0 Å². The fourth-order valence-electron chi connectivity index (χ4n) is 2.70. The first-order valence-electron chi connectivity index (χ1n) is 8.16. The molecule has 0 aliphatic heterocycles. The Kier molecular flexibility index (Phi) is 6.70. The van der Waals surface area contributed by atoms with E-state index in [1.165, 1.54) is 53.6 Å². The molecule has 1 unspecified atom stereocenters. The van der Waals surface area contributed by atoms with Gasteiger partial charge >= 0.3 is 0 Å². The maximum atomic E-state index is 12.6. The van der Waals surface area contributed by atoms with E-state index in [9.17, 15) is 23.4 Å². The Hall–Kier alpha value is -2.72. The molecule has 4 N–H and O–H groups in total. The van der Waals surface area contributed by atoms with Gasteiger partial charge in [0.15, 0.2) is 21.6 Å². The summed E-state index contributed by atoms with van der Waals surface area (Å²) in [5.41, 5.74) is 1.49. The molecule has 27 heavy (non-hydrogen) atoms. The molecule has 1 heterocycles. The summed E-state index contributed by atoms with van der Waals surface area (Å²) in [5.74, 6) is -2.07. The molecule has 1 amide bonds. The van der Waals surface area contributed by atoms with Crippen molar-refractivity contribution in [2.24, 2.45) is 5.92 Å². The molecule has 0 spiro atoms. The third-order valence-electron chi connectivity index (χ3n) is 4.19. The molecule has 0 aliphatic rings. The van der Waals surface area contributed by atoms with E-state index in [0.717, 1.165) is 0 Å². The molecule has 2 aromatic rings. The first-order chi connectivity index (χ1) is 12.8. The van der Waals surface area contributed by atoms with Gasteiger partial charge in [-0.15, -0.1) is 0 Å². The van der Waals surface area contributed by atoms with Crippen molar-refractivity contribution in [3.05, 3.63) is 36.4 Å². The number of hydrogen-bond donors (Lipinski definition) is 4. The largest absolute Gasteiger partial charge is 0.497 e.